The van der Waals surface area contributed by atoms with Gasteiger partial charge in [-0.1, -0.05) is 0 Å². The molecule has 0 N–H and O–H groups in total. The second kappa shape index (κ2) is 4.38. The number of hydrogen-bond acceptors (Lipinski definition) is 3. The van der Waals surface area contributed by atoms with Gasteiger partial charge in [-0.05, 0) is 0 Å². The molecule has 0 aliphatic rings. The van der Waals surface area contributed by atoms with Crippen molar-refractivity contribution in [2.45, 2.75) is 0 Å². The van der Waals surface area contributed by atoms with E-state index in [0.29, 0.717) is 11.5 Å². The van der Waals surface area contributed by atoms with Gasteiger partial charge in [0.25, 0.3) is 0 Å². The molecule has 0 amide bonds. The van der Waals surface area contributed by atoms with Crippen LogP contribution < -0.4 is 12.8 Å². The molecule has 0 atom stereocenters. The van der Waals surface area contributed by atoms with Gasteiger partial charge in [-0.2, -0.15) is 0 Å². The van der Waals surface area contributed by atoms with E-state index >= 15 is 0 Å². The van der Waals surface area contributed by atoms with Crippen molar-refractivity contribution in [2.24, 2.45) is 0 Å². The van der Waals surface area contributed by atoms with Crippen LogP contribution in [-0.2, 0) is 20.8 Å². The molecule has 3 nitrogen and oxygen atoms in total. The topological polar surface area (TPSA) is 27.7 Å². The second-order valence-electron chi connectivity index (χ2n) is 2.12. The molecule has 0 spiro atoms. The van der Waals surface area contributed by atoms with E-state index < -0.39 is 0 Å². The summed E-state index contributed by atoms with van der Waals surface area (Å²) >= 11 is 1.60. The van der Waals surface area contributed by atoms with Crippen molar-refractivity contribution in [1.82, 2.24) is 0 Å². The molecule has 63 valence electrons. The minimum absolute atomic E-state index is 0.678. The molecule has 0 saturated carbocycles. The summed E-state index contributed by atoms with van der Waals surface area (Å²) in [5.41, 5.74) is 0. The minimum atomic E-state index is 0.678. The Balaban J connectivity index is 3.02. The quantitative estimate of drug-likeness (QED) is 0.694. The average molecular weight is 201 g/mol. The molecule has 0 unspecified atom stereocenters. The summed E-state index contributed by atoms with van der Waals surface area (Å²) in [5.74, 6) is 2.14. The van der Waals surface area contributed by atoms with E-state index in [9.17, 15) is 0 Å². The van der Waals surface area contributed by atoms with Crippen molar-refractivity contribution in [1.29, 1.82) is 0 Å². The van der Waals surface area contributed by atoms with Gasteiger partial charge < -0.3 is 0 Å². The van der Waals surface area contributed by atoms with E-state index in [2.05, 4.69) is 0 Å². The van der Waals surface area contributed by atoms with Crippen LogP contribution in [0, 0.1) is 0 Å². The molecule has 0 aromatic heterocycles. The Labute approximate surface area is 83.5 Å². The molecule has 0 bridgehead atoms. The summed E-state index contributed by atoms with van der Waals surface area (Å²) in [6, 6.07) is 5.40. The molecule has 0 aliphatic carbocycles. The first kappa shape index (κ1) is 9.42. The van der Waals surface area contributed by atoms with Crippen LogP contribution >= 0.6 is 0 Å². The number of benzene rings is 1. The third-order valence-electron chi connectivity index (χ3n) is 1.48. The van der Waals surface area contributed by atoms with E-state index in [0.717, 1.165) is 5.75 Å². The van der Waals surface area contributed by atoms with E-state index in [1.165, 1.54) is 0 Å². The van der Waals surface area contributed by atoms with Crippen molar-refractivity contribution >= 4 is 0 Å². The summed E-state index contributed by atoms with van der Waals surface area (Å²) in [5, 5.41) is 0. The van der Waals surface area contributed by atoms with Gasteiger partial charge in [0.05, 0.1) is 0 Å². The molecule has 4 heteroatoms. The Morgan fingerprint density at radius 2 is 1.83 bits per heavy atom. The molecule has 0 saturated heterocycles. The van der Waals surface area contributed by atoms with Crippen LogP contribution in [0.25, 0.3) is 0 Å². The maximum atomic E-state index is 5.07. The summed E-state index contributed by atoms with van der Waals surface area (Å²) in [4.78, 5) is 0. The van der Waals surface area contributed by atoms with Crippen LogP contribution in [0.5, 0.6) is 17.2 Å². The van der Waals surface area contributed by atoms with Gasteiger partial charge in [0.2, 0.25) is 0 Å². The number of rotatable bonds is 3. The Morgan fingerprint density at radius 3 is 2.33 bits per heavy atom. The normalized spacial score (nSPS) is 9.08. The SMILES string of the molecule is COc1ccc([O][Ti])c(OC)c1. The summed E-state index contributed by atoms with van der Waals surface area (Å²) < 4.78 is 15.1. The Bertz CT molecular complexity index is 262. The molecule has 0 radical (unpaired) electrons. The second-order valence-corrected chi connectivity index (χ2v) is 2.44. The van der Waals surface area contributed by atoms with Crippen molar-refractivity contribution in [3.05, 3.63) is 18.2 Å². The van der Waals surface area contributed by atoms with E-state index in [4.69, 9.17) is 12.8 Å². The van der Waals surface area contributed by atoms with Crippen molar-refractivity contribution < 1.29 is 33.6 Å². The Hall–Kier alpha value is -0.666. The van der Waals surface area contributed by atoms with Crippen LogP contribution in [0.2, 0.25) is 0 Å². The Morgan fingerprint density at radius 1 is 1.08 bits per heavy atom. The number of hydrogen-bond donors (Lipinski definition) is 0. The molecule has 1 rings (SSSR count). The van der Waals surface area contributed by atoms with Crippen LogP contribution in [0.3, 0.4) is 0 Å². The predicted molar refractivity (Wildman–Crippen MR) is 40.2 cm³/mol. The first-order chi connectivity index (χ1) is 5.81. The first-order valence-corrected chi connectivity index (χ1v) is 4.01. The molecule has 0 heterocycles. The fourth-order valence-corrected chi connectivity index (χ4v) is 1.12. The molecular weight excluding hydrogens is 192 g/mol. The van der Waals surface area contributed by atoms with Gasteiger partial charge >= 0.3 is 83.3 Å². The molecule has 1 aromatic carbocycles. The monoisotopic (exact) mass is 201 g/mol. The van der Waals surface area contributed by atoms with Crippen LogP contribution in [0.4, 0.5) is 0 Å². The van der Waals surface area contributed by atoms with Gasteiger partial charge in [-0.25, -0.2) is 0 Å². The summed E-state index contributed by atoms with van der Waals surface area (Å²) in [7, 11) is 3.21. The summed E-state index contributed by atoms with van der Waals surface area (Å²) in [6.45, 7) is 0. The molecule has 0 fully saturated rings. The Kier molecular flexibility index (Phi) is 3.44. The maximum absolute atomic E-state index is 5.07. The van der Waals surface area contributed by atoms with Crippen molar-refractivity contribution in [3.8, 4) is 17.2 Å². The van der Waals surface area contributed by atoms with Crippen molar-refractivity contribution in [3.63, 3.8) is 0 Å². The van der Waals surface area contributed by atoms with Crippen molar-refractivity contribution in [2.75, 3.05) is 14.2 Å². The van der Waals surface area contributed by atoms with Gasteiger partial charge in [0, 0.05) is 0 Å². The third-order valence-corrected chi connectivity index (χ3v) is 1.82. The van der Waals surface area contributed by atoms with Crippen LogP contribution in [0.1, 0.15) is 0 Å². The predicted octanol–water partition coefficient (Wildman–Crippen LogP) is 1.54. The number of methoxy groups -OCH3 is 2. The van der Waals surface area contributed by atoms with Gasteiger partial charge in [-0.15, -0.1) is 0 Å². The van der Waals surface area contributed by atoms with Gasteiger partial charge in [-0.3, -0.25) is 0 Å². The zero-order valence-electron chi connectivity index (χ0n) is 6.96. The van der Waals surface area contributed by atoms with Crippen LogP contribution in [0.15, 0.2) is 18.2 Å². The standard InChI is InChI=1S/C8H10O3.Ti/c1-10-6-3-4-7(9)8(5-6)11-2;/h3-5,9H,1-2H3;/q;+1/p-1. The third kappa shape index (κ3) is 1.93. The van der Waals surface area contributed by atoms with Crippen LogP contribution in [-0.4, -0.2) is 14.2 Å². The molecule has 1 aromatic rings. The fraction of sp³-hybridized carbons (Fsp3) is 0.250. The zero-order chi connectivity index (χ0) is 8.97. The van der Waals surface area contributed by atoms with E-state index in [1.54, 1.807) is 47.2 Å². The van der Waals surface area contributed by atoms with E-state index in [-0.39, 0.29) is 0 Å². The molecule has 12 heavy (non-hydrogen) atoms. The van der Waals surface area contributed by atoms with Gasteiger partial charge in [0.15, 0.2) is 0 Å². The van der Waals surface area contributed by atoms with Gasteiger partial charge in [0.1, 0.15) is 0 Å². The fourth-order valence-electron chi connectivity index (χ4n) is 0.859. The zero-order valence-corrected chi connectivity index (χ0v) is 8.52. The van der Waals surface area contributed by atoms with E-state index in [1.807, 2.05) is 6.07 Å². The summed E-state index contributed by atoms with van der Waals surface area (Å²) in [6.07, 6.45) is 0. The molecular formula is C8H9O3Ti. The number of ether oxygens (including phenoxy) is 2. The first-order valence-electron chi connectivity index (χ1n) is 3.37. The molecule has 0 aliphatic heterocycles. The average Bonchev–Trinajstić information content (AvgIpc) is 2.16.